The van der Waals surface area contributed by atoms with E-state index in [2.05, 4.69) is 6.92 Å². The maximum absolute atomic E-state index is 12.6. The van der Waals surface area contributed by atoms with Crippen molar-refractivity contribution in [2.24, 2.45) is 0 Å². The number of carbonyl (C=O) groups is 1. The Morgan fingerprint density at radius 1 is 1.17 bits per heavy atom. The van der Waals surface area contributed by atoms with Crippen LogP contribution in [0.4, 0.5) is 0 Å². The third-order valence-corrected chi connectivity index (χ3v) is 5.28. The normalized spacial score (nSPS) is 10.7. The van der Waals surface area contributed by atoms with E-state index in [9.17, 15) is 4.79 Å². The van der Waals surface area contributed by atoms with Gasteiger partial charge in [0.05, 0.1) is 11.6 Å². The van der Waals surface area contributed by atoms with Crippen molar-refractivity contribution < 1.29 is 9.53 Å². The fourth-order valence-electron chi connectivity index (χ4n) is 2.30. The molecule has 0 amide bonds. The van der Waals surface area contributed by atoms with E-state index in [1.165, 1.54) is 0 Å². The van der Waals surface area contributed by atoms with Gasteiger partial charge in [-0.1, -0.05) is 43.1 Å². The molecule has 24 heavy (non-hydrogen) atoms. The van der Waals surface area contributed by atoms with Gasteiger partial charge in [-0.2, -0.15) is 0 Å². The van der Waals surface area contributed by atoms with E-state index in [0.29, 0.717) is 10.6 Å². The van der Waals surface area contributed by atoms with Crippen molar-refractivity contribution in [3.8, 4) is 5.75 Å². The summed E-state index contributed by atoms with van der Waals surface area (Å²) in [5, 5.41) is 1.57. The Kier molecular flexibility index (Phi) is 9.10. The first-order valence-corrected chi connectivity index (χ1v) is 9.20. The molecule has 0 aliphatic carbocycles. The van der Waals surface area contributed by atoms with Gasteiger partial charge in [0.2, 0.25) is 0 Å². The number of aryl methyl sites for hydroxylation is 2. The van der Waals surface area contributed by atoms with Crippen LogP contribution in [-0.2, 0) is 0 Å². The molecule has 0 aliphatic heterocycles. The van der Waals surface area contributed by atoms with Crippen LogP contribution < -0.4 is 10.0 Å². The Hall–Kier alpha value is -0.773. The van der Waals surface area contributed by atoms with E-state index in [-0.39, 0.29) is 33.0 Å². The molecule has 0 heterocycles. The van der Waals surface area contributed by atoms with Crippen molar-refractivity contribution in [1.29, 1.82) is 0 Å². The van der Waals surface area contributed by atoms with Crippen LogP contribution in [-0.4, -0.2) is 31.0 Å². The summed E-state index contributed by atoms with van der Waals surface area (Å²) in [6.45, 7) is 6.80. The predicted molar refractivity (Wildman–Crippen MR) is 106 cm³/mol. The molecule has 5 heteroatoms. The molecule has 2 aromatic rings. The third kappa shape index (κ3) is 5.64. The first-order valence-electron chi connectivity index (χ1n) is 7.83. The van der Waals surface area contributed by atoms with E-state index < -0.39 is 0 Å². The largest absolute Gasteiger partial charge is 0.494 e. The van der Waals surface area contributed by atoms with E-state index in [0.717, 1.165) is 41.6 Å². The second-order valence-electron chi connectivity index (χ2n) is 5.56. The fraction of sp³-hybridized carbons (Fsp3) is 0.316. The van der Waals surface area contributed by atoms with Crippen molar-refractivity contribution in [2.75, 3.05) is 6.61 Å². The van der Waals surface area contributed by atoms with Crippen LogP contribution in [0, 0.1) is 13.8 Å². The summed E-state index contributed by atoms with van der Waals surface area (Å²) in [4.78, 5) is 12.6. The Labute approximate surface area is 163 Å². The molecule has 123 valence electrons. The van der Waals surface area contributed by atoms with Crippen molar-refractivity contribution in [2.45, 2.75) is 33.6 Å². The summed E-state index contributed by atoms with van der Waals surface area (Å²) in [5.74, 6) is 0.867. The second-order valence-corrected chi connectivity index (χ2v) is 7.21. The fourth-order valence-corrected chi connectivity index (χ4v) is 3.83. The maximum Gasteiger partial charge on any atom is 0.187 e. The van der Waals surface area contributed by atoms with E-state index in [1.807, 2.05) is 44.2 Å². The zero-order valence-corrected chi connectivity index (χ0v) is 16.5. The molecule has 2 rings (SSSR count). The Bertz CT molecular complexity index is 684. The van der Waals surface area contributed by atoms with E-state index >= 15 is 0 Å². The number of carbonyl (C=O) groups excluding carboxylic acids is 1. The minimum absolute atomic E-state index is 0. The van der Waals surface area contributed by atoms with E-state index in [1.54, 1.807) is 6.07 Å². The molecule has 0 N–H and O–H groups in total. The summed E-state index contributed by atoms with van der Waals surface area (Å²) >= 11 is 6.19. The number of hydrogen-bond donors (Lipinski definition) is 0. The average Bonchev–Trinajstić information content (AvgIpc) is 2.50. The molecule has 1 radical (unpaired) electrons. The smallest absolute Gasteiger partial charge is 0.187 e. The van der Waals surface area contributed by atoms with Gasteiger partial charge < -0.3 is 4.74 Å². The van der Waals surface area contributed by atoms with Gasteiger partial charge in [0.1, 0.15) is 5.75 Å². The van der Waals surface area contributed by atoms with Crippen molar-refractivity contribution in [1.82, 2.24) is 0 Å². The minimum Gasteiger partial charge on any atom is -0.494 e. The zero-order chi connectivity index (χ0) is 16.8. The average molecular weight is 356 g/mol. The van der Waals surface area contributed by atoms with Crippen LogP contribution in [0.15, 0.2) is 36.4 Å². The van der Waals surface area contributed by atoms with Gasteiger partial charge in [0.15, 0.2) is 5.52 Å². The number of unbranched alkanes of at least 4 members (excludes halogenated alkanes) is 1. The van der Waals surface area contributed by atoms with Crippen molar-refractivity contribution in [3.63, 3.8) is 0 Å². The van der Waals surface area contributed by atoms with Gasteiger partial charge in [-0.05, 0) is 63.5 Å². The Morgan fingerprint density at radius 2 is 1.92 bits per heavy atom. The quantitative estimate of drug-likeness (QED) is 0.401. The second kappa shape index (κ2) is 10.3. The maximum atomic E-state index is 12.6. The molecule has 0 spiro atoms. The van der Waals surface area contributed by atoms with Crippen LogP contribution >= 0.6 is 20.2 Å². The molecule has 0 saturated carbocycles. The van der Waals surface area contributed by atoms with Crippen LogP contribution in [0.2, 0.25) is 5.02 Å². The van der Waals surface area contributed by atoms with Crippen LogP contribution in [0.1, 0.15) is 41.3 Å². The topological polar surface area (TPSA) is 26.3 Å². The molecular formula is C19H22ClLiO2P. The van der Waals surface area contributed by atoms with Crippen LogP contribution in [0.3, 0.4) is 0 Å². The van der Waals surface area contributed by atoms with Gasteiger partial charge in [-0.25, -0.2) is 0 Å². The molecule has 0 aromatic heterocycles. The van der Waals surface area contributed by atoms with Gasteiger partial charge in [0, 0.05) is 24.4 Å². The van der Waals surface area contributed by atoms with Gasteiger partial charge in [-0.3, -0.25) is 4.79 Å². The Morgan fingerprint density at radius 3 is 2.54 bits per heavy atom. The van der Waals surface area contributed by atoms with Crippen LogP contribution in [0.25, 0.3) is 0 Å². The minimum atomic E-state index is 0. The number of ether oxygens (including phenoxy) is 1. The number of benzene rings is 2. The molecule has 2 nitrogen and oxygen atoms in total. The summed E-state index contributed by atoms with van der Waals surface area (Å²) < 4.78 is 5.71. The summed E-state index contributed by atoms with van der Waals surface area (Å²) in [5.41, 5.74) is 2.72. The molecule has 0 bridgehead atoms. The monoisotopic (exact) mass is 355 g/mol. The summed E-state index contributed by atoms with van der Waals surface area (Å²) in [6.07, 6.45) is 2.16. The molecular weight excluding hydrogens is 334 g/mol. The summed E-state index contributed by atoms with van der Waals surface area (Å²) in [7, 11) is 0.0672. The first-order chi connectivity index (χ1) is 11.0. The molecule has 1 unspecified atom stereocenters. The molecule has 2 aromatic carbocycles. The summed E-state index contributed by atoms with van der Waals surface area (Å²) in [6, 6.07) is 11.5. The number of rotatable bonds is 7. The standard InChI is InChI=1S/C19H22ClO2P.Li/c1-4-5-11-22-15-9-10-17(14(3)12-15)23-19(21)18-13(2)7-6-8-16(18)20;/h6-10,12,23H,4-5,11H2,1-3H3;. The third-order valence-electron chi connectivity index (χ3n) is 3.66. The van der Waals surface area contributed by atoms with Crippen molar-refractivity contribution >= 4 is 49.9 Å². The van der Waals surface area contributed by atoms with Gasteiger partial charge in [0.25, 0.3) is 0 Å². The SMILES string of the molecule is CCCCOc1ccc(PC(=O)c2c(C)cccc2Cl)c(C)c1.[Li]. The zero-order valence-electron chi connectivity index (χ0n) is 14.8. The van der Waals surface area contributed by atoms with E-state index in [4.69, 9.17) is 16.3 Å². The van der Waals surface area contributed by atoms with Gasteiger partial charge in [-0.15, -0.1) is 0 Å². The Balaban J connectivity index is 0.00000288. The molecule has 0 fully saturated rings. The van der Waals surface area contributed by atoms with Crippen LogP contribution in [0.5, 0.6) is 5.75 Å². The number of hydrogen-bond acceptors (Lipinski definition) is 2. The van der Waals surface area contributed by atoms with Gasteiger partial charge >= 0.3 is 0 Å². The molecule has 1 atom stereocenters. The first kappa shape index (κ1) is 21.3. The molecule has 0 aliphatic rings. The molecule has 0 saturated heterocycles. The number of halogens is 1. The predicted octanol–water partition coefficient (Wildman–Crippen LogP) is 4.90. The van der Waals surface area contributed by atoms with Crippen molar-refractivity contribution in [3.05, 3.63) is 58.1 Å².